The highest BCUT2D eigenvalue weighted by molar-refractivity contribution is 6.05. The van der Waals surface area contributed by atoms with E-state index in [9.17, 15) is 14.4 Å². The minimum Gasteiger partial charge on any atom is -0.352 e. The molecule has 0 unspecified atom stereocenters. The molecule has 2 aromatic rings. The maximum Gasteiger partial charge on any atom is 0.323 e. The fraction of sp³-hybridized carbons (Fsp3) is 0.542. The zero-order valence-corrected chi connectivity index (χ0v) is 18.4. The van der Waals surface area contributed by atoms with Crippen molar-refractivity contribution in [3.63, 3.8) is 0 Å². The lowest BCUT2D eigenvalue weighted by Crippen LogP contribution is -2.52. The number of hydrogen-bond donors (Lipinski definition) is 3. The van der Waals surface area contributed by atoms with Crippen LogP contribution in [0.4, 0.5) is 15.3 Å². The van der Waals surface area contributed by atoms with E-state index in [0.29, 0.717) is 23.0 Å². The number of urea groups is 1. The van der Waals surface area contributed by atoms with Crippen molar-refractivity contribution in [1.82, 2.24) is 14.8 Å². The predicted octanol–water partition coefficient (Wildman–Crippen LogP) is 3.65. The molecule has 2 heterocycles. The number of nitrogens with zero attached hydrogens (tertiary/aromatic N) is 2. The van der Waals surface area contributed by atoms with Gasteiger partial charge in [-0.05, 0) is 43.6 Å². The van der Waals surface area contributed by atoms with E-state index < -0.39 is 12.1 Å². The van der Waals surface area contributed by atoms with Gasteiger partial charge in [-0.2, -0.15) is 0 Å². The second-order valence-corrected chi connectivity index (χ2v) is 9.57. The highest BCUT2D eigenvalue weighted by Crippen LogP contribution is 2.48. The number of nitrogens with two attached hydrogens (primary N) is 1. The minimum atomic E-state index is -0.611. The number of fused-ring (bicyclic) bond motifs is 2. The van der Waals surface area contributed by atoms with Crippen molar-refractivity contribution in [2.75, 3.05) is 5.32 Å². The summed E-state index contributed by atoms with van der Waals surface area (Å²) >= 11 is 0. The fourth-order valence-electron chi connectivity index (χ4n) is 5.71. The average molecular weight is 438 g/mol. The van der Waals surface area contributed by atoms with Crippen LogP contribution in [0.15, 0.2) is 30.5 Å². The number of aromatic nitrogens is 1. The maximum absolute atomic E-state index is 13.3. The second kappa shape index (κ2) is 8.15. The summed E-state index contributed by atoms with van der Waals surface area (Å²) in [5.41, 5.74) is 6.65. The molecule has 2 aliphatic carbocycles. The Labute approximate surface area is 187 Å². The molecular formula is C24H31N5O3. The van der Waals surface area contributed by atoms with Gasteiger partial charge in [0, 0.05) is 23.7 Å². The van der Waals surface area contributed by atoms with E-state index in [0.717, 1.165) is 43.9 Å². The highest BCUT2D eigenvalue weighted by atomic mass is 16.2. The summed E-state index contributed by atoms with van der Waals surface area (Å²) in [5, 5.41) is 6.92. The molecule has 8 heteroatoms. The standard InChI is InChI=1S/C24H31N5O3/c1-2-14-6-5-7-16(10-14)26-22(30)21-12-15-11-20(15)29(21)24(32)27-18-13-28(23(25)31)19-9-4-3-8-17(18)19/h3-4,8-9,13-16,20-21H,2,5-7,10-12H2,1H3,(H2,25,31)(H,26,30)(H,27,32)/t14-,15+,16+,20+,21-/m0/s1. The Morgan fingerprint density at radius 2 is 1.94 bits per heavy atom. The number of likely N-dealkylation sites (tertiary alicyclic amines) is 1. The van der Waals surface area contributed by atoms with E-state index in [1.807, 2.05) is 18.2 Å². The third kappa shape index (κ3) is 3.72. The maximum atomic E-state index is 13.3. The van der Waals surface area contributed by atoms with E-state index in [1.54, 1.807) is 17.2 Å². The Bertz CT molecular complexity index is 1060. The molecule has 8 nitrogen and oxygen atoms in total. The van der Waals surface area contributed by atoms with Crippen LogP contribution < -0.4 is 16.4 Å². The number of primary amides is 1. The van der Waals surface area contributed by atoms with E-state index in [2.05, 4.69) is 17.6 Å². The summed E-state index contributed by atoms with van der Waals surface area (Å²) in [5.74, 6) is 1.04. The topological polar surface area (TPSA) is 109 Å². The van der Waals surface area contributed by atoms with E-state index in [4.69, 9.17) is 5.73 Å². The Morgan fingerprint density at radius 1 is 1.12 bits per heavy atom. The molecule has 1 aromatic heterocycles. The second-order valence-electron chi connectivity index (χ2n) is 9.57. The molecule has 0 bridgehead atoms. The molecule has 170 valence electrons. The van der Waals surface area contributed by atoms with Crippen LogP contribution in [0.3, 0.4) is 0 Å². The number of para-hydroxylation sites is 1. The van der Waals surface area contributed by atoms with Crippen LogP contribution in [-0.2, 0) is 4.79 Å². The first-order valence-electron chi connectivity index (χ1n) is 11.8. The highest BCUT2D eigenvalue weighted by Gasteiger charge is 2.56. The average Bonchev–Trinajstić information content (AvgIpc) is 3.29. The summed E-state index contributed by atoms with van der Waals surface area (Å²) in [6, 6.07) is 6.26. The van der Waals surface area contributed by atoms with Crippen LogP contribution in [0.1, 0.15) is 51.9 Å². The number of anilines is 1. The lowest BCUT2D eigenvalue weighted by molar-refractivity contribution is -0.126. The van der Waals surface area contributed by atoms with Crippen LogP contribution >= 0.6 is 0 Å². The van der Waals surface area contributed by atoms with Crippen LogP contribution in [0.25, 0.3) is 10.9 Å². The third-order valence-corrected chi connectivity index (χ3v) is 7.54. The first-order chi connectivity index (χ1) is 15.5. The van der Waals surface area contributed by atoms with Gasteiger partial charge in [-0.15, -0.1) is 0 Å². The van der Waals surface area contributed by atoms with Crippen molar-refractivity contribution < 1.29 is 14.4 Å². The van der Waals surface area contributed by atoms with E-state index >= 15 is 0 Å². The van der Waals surface area contributed by atoms with Crippen LogP contribution in [0.2, 0.25) is 0 Å². The molecule has 3 fully saturated rings. The van der Waals surface area contributed by atoms with Crippen molar-refractivity contribution in [3.05, 3.63) is 30.5 Å². The summed E-state index contributed by atoms with van der Waals surface area (Å²) in [6.45, 7) is 2.21. The number of nitrogens with one attached hydrogen (secondary N) is 2. The van der Waals surface area contributed by atoms with Gasteiger partial charge >= 0.3 is 12.1 Å². The van der Waals surface area contributed by atoms with Crippen molar-refractivity contribution >= 4 is 34.6 Å². The van der Waals surface area contributed by atoms with Crippen molar-refractivity contribution in [3.8, 4) is 0 Å². The number of carbonyl (C=O) groups is 3. The van der Waals surface area contributed by atoms with Gasteiger partial charge in [0.15, 0.2) is 0 Å². The SMILES string of the molecule is CC[C@H]1CCC[C@@H](NC(=O)[C@@H]2C[C@H]3C[C@H]3N2C(=O)Nc2cn(C(N)=O)c3ccccc23)C1. The van der Waals surface area contributed by atoms with Gasteiger partial charge in [0.05, 0.1) is 11.2 Å². The Hall–Kier alpha value is -3.03. The molecule has 4 amide bonds. The molecule has 3 aliphatic rings. The first kappa shape index (κ1) is 20.8. The largest absolute Gasteiger partial charge is 0.352 e. The van der Waals surface area contributed by atoms with Gasteiger partial charge < -0.3 is 21.3 Å². The molecule has 0 spiro atoms. The van der Waals surface area contributed by atoms with Crippen molar-refractivity contribution in [2.45, 2.75) is 70.0 Å². The van der Waals surface area contributed by atoms with Crippen molar-refractivity contribution in [2.24, 2.45) is 17.6 Å². The molecular weight excluding hydrogens is 406 g/mol. The van der Waals surface area contributed by atoms with Crippen molar-refractivity contribution in [1.29, 1.82) is 0 Å². The molecule has 1 saturated heterocycles. The molecule has 0 radical (unpaired) electrons. The number of benzene rings is 1. The lowest BCUT2D eigenvalue weighted by Gasteiger charge is -2.32. The minimum absolute atomic E-state index is 0.0336. The van der Waals surface area contributed by atoms with E-state index in [1.165, 1.54) is 11.0 Å². The smallest absolute Gasteiger partial charge is 0.323 e. The van der Waals surface area contributed by atoms with Crippen LogP contribution in [-0.4, -0.2) is 45.6 Å². The number of hydrogen-bond acceptors (Lipinski definition) is 3. The molecule has 32 heavy (non-hydrogen) atoms. The third-order valence-electron chi connectivity index (χ3n) is 7.54. The molecule has 5 atom stereocenters. The lowest BCUT2D eigenvalue weighted by atomic mass is 9.84. The van der Waals surface area contributed by atoms with Gasteiger partial charge in [-0.25, -0.2) is 9.59 Å². The molecule has 2 saturated carbocycles. The van der Waals surface area contributed by atoms with Gasteiger partial charge in [-0.1, -0.05) is 44.4 Å². The molecule has 1 aromatic carbocycles. The van der Waals surface area contributed by atoms with Crippen LogP contribution in [0.5, 0.6) is 0 Å². The van der Waals surface area contributed by atoms with E-state index in [-0.39, 0.29) is 24.0 Å². The Kier molecular flexibility index (Phi) is 5.31. The zero-order valence-electron chi connectivity index (χ0n) is 18.4. The normalized spacial score (nSPS) is 28.9. The Morgan fingerprint density at radius 3 is 2.72 bits per heavy atom. The fourth-order valence-corrected chi connectivity index (χ4v) is 5.71. The Balaban J connectivity index is 1.32. The van der Waals surface area contributed by atoms with Gasteiger partial charge in [0.2, 0.25) is 5.91 Å². The number of piperidine rings is 1. The zero-order chi connectivity index (χ0) is 22.4. The number of carbonyl (C=O) groups excluding carboxylic acids is 3. The summed E-state index contributed by atoms with van der Waals surface area (Å²) in [6.07, 6.45) is 8.79. The van der Waals surface area contributed by atoms with Crippen LogP contribution in [0, 0.1) is 11.8 Å². The molecule has 5 rings (SSSR count). The number of rotatable bonds is 4. The molecule has 4 N–H and O–H groups in total. The predicted molar refractivity (Wildman–Crippen MR) is 122 cm³/mol. The quantitative estimate of drug-likeness (QED) is 0.679. The van der Waals surface area contributed by atoms with Gasteiger partial charge in [-0.3, -0.25) is 9.36 Å². The van der Waals surface area contributed by atoms with Gasteiger partial charge in [0.1, 0.15) is 6.04 Å². The summed E-state index contributed by atoms with van der Waals surface area (Å²) in [4.78, 5) is 40.0. The summed E-state index contributed by atoms with van der Waals surface area (Å²) in [7, 11) is 0. The van der Waals surface area contributed by atoms with Gasteiger partial charge in [0.25, 0.3) is 0 Å². The monoisotopic (exact) mass is 437 g/mol. The first-order valence-corrected chi connectivity index (χ1v) is 11.8. The number of amides is 4. The summed E-state index contributed by atoms with van der Waals surface area (Å²) < 4.78 is 1.33. The molecule has 1 aliphatic heterocycles.